The van der Waals surface area contributed by atoms with Gasteiger partial charge in [0.15, 0.2) is 0 Å². The van der Waals surface area contributed by atoms with Crippen molar-refractivity contribution in [2.24, 2.45) is 0 Å². The van der Waals surface area contributed by atoms with Gasteiger partial charge in [0.1, 0.15) is 4.93 Å². The lowest BCUT2D eigenvalue weighted by molar-refractivity contribution is 0.0942. The van der Waals surface area contributed by atoms with Crippen molar-refractivity contribution in [3.63, 3.8) is 0 Å². The molecule has 1 aliphatic carbocycles. The van der Waals surface area contributed by atoms with E-state index in [0.717, 1.165) is 25.7 Å². The van der Waals surface area contributed by atoms with Crippen LogP contribution in [0.15, 0.2) is 0 Å². The number of aliphatic hydroxyl groups is 2. The quantitative estimate of drug-likeness (QED) is 0.638. The highest BCUT2D eigenvalue weighted by molar-refractivity contribution is 8.00. The topological polar surface area (TPSA) is 40.5 Å². The Hall–Kier alpha value is 0.270. The summed E-state index contributed by atoms with van der Waals surface area (Å²) in [5.41, 5.74) is 0. The fourth-order valence-electron chi connectivity index (χ4n) is 1.48. The van der Waals surface area contributed by atoms with Gasteiger partial charge < -0.3 is 10.2 Å². The predicted molar refractivity (Wildman–Crippen MR) is 47.6 cm³/mol. The summed E-state index contributed by atoms with van der Waals surface area (Å²) in [6.07, 6.45) is 5.32. The Balaban J connectivity index is 2.25. The maximum absolute atomic E-state index is 9.85. The molecule has 2 nitrogen and oxygen atoms in total. The van der Waals surface area contributed by atoms with Crippen molar-refractivity contribution in [3.8, 4) is 0 Å². The standard InChI is InChI=1S/C8H16O2S/c9-6-7-11-8(10)4-2-1-3-5-8/h9-10H,1-7H2. The van der Waals surface area contributed by atoms with Gasteiger partial charge in [-0.1, -0.05) is 6.42 Å². The summed E-state index contributed by atoms with van der Waals surface area (Å²) >= 11 is 1.51. The Labute approximate surface area is 72.0 Å². The Morgan fingerprint density at radius 2 is 1.82 bits per heavy atom. The van der Waals surface area contributed by atoms with E-state index in [2.05, 4.69) is 0 Å². The molecule has 0 atom stereocenters. The van der Waals surface area contributed by atoms with E-state index in [1.54, 1.807) is 0 Å². The van der Waals surface area contributed by atoms with E-state index >= 15 is 0 Å². The van der Waals surface area contributed by atoms with Gasteiger partial charge in [-0.05, 0) is 25.7 Å². The molecule has 0 spiro atoms. The van der Waals surface area contributed by atoms with Crippen LogP contribution in [0.2, 0.25) is 0 Å². The van der Waals surface area contributed by atoms with E-state index in [-0.39, 0.29) is 6.61 Å². The van der Waals surface area contributed by atoms with Crippen LogP contribution in [-0.4, -0.2) is 27.5 Å². The highest BCUT2D eigenvalue weighted by Crippen LogP contribution is 2.36. The molecule has 1 fully saturated rings. The maximum atomic E-state index is 9.85. The van der Waals surface area contributed by atoms with Gasteiger partial charge in [-0.2, -0.15) is 0 Å². The van der Waals surface area contributed by atoms with Gasteiger partial charge in [0.25, 0.3) is 0 Å². The van der Waals surface area contributed by atoms with Crippen molar-refractivity contribution in [2.75, 3.05) is 12.4 Å². The minimum atomic E-state index is -0.513. The molecule has 3 heteroatoms. The van der Waals surface area contributed by atoms with Crippen LogP contribution < -0.4 is 0 Å². The lowest BCUT2D eigenvalue weighted by Crippen LogP contribution is -2.27. The average molecular weight is 176 g/mol. The second kappa shape index (κ2) is 4.33. The van der Waals surface area contributed by atoms with Crippen molar-refractivity contribution in [2.45, 2.75) is 37.0 Å². The van der Waals surface area contributed by atoms with Crippen LogP contribution in [-0.2, 0) is 0 Å². The third-order valence-electron chi connectivity index (χ3n) is 2.10. The molecule has 1 aliphatic rings. The van der Waals surface area contributed by atoms with Crippen LogP contribution in [0.25, 0.3) is 0 Å². The molecule has 0 radical (unpaired) electrons. The zero-order valence-corrected chi connectivity index (χ0v) is 7.57. The minimum Gasteiger partial charge on any atom is -0.396 e. The summed E-state index contributed by atoms with van der Waals surface area (Å²) in [6.45, 7) is 0.174. The van der Waals surface area contributed by atoms with Crippen LogP contribution in [0.4, 0.5) is 0 Å². The van der Waals surface area contributed by atoms with E-state index in [4.69, 9.17) is 5.11 Å². The van der Waals surface area contributed by atoms with E-state index in [1.165, 1.54) is 18.2 Å². The molecule has 66 valence electrons. The molecule has 1 saturated carbocycles. The van der Waals surface area contributed by atoms with Gasteiger partial charge >= 0.3 is 0 Å². The van der Waals surface area contributed by atoms with Gasteiger partial charge in [-0.25, -0.2) is 0 Å². The highest BCUT2D eigenvalue weighted by Gasteiger charge is 2.28. The molecule has 0 aromatic rings. The fraction of sp³-hybridized carbons (Fsp3) is 1.00. The third kappa shape index (κ3) is 3.01. The number of hydrogen-bond acceptors (Lipinski definition) is 3. The zero-order chi connectivity index (χ0) is 8.16. The molecule has 2 N–H and O–H groups in total. The molecule has 0 unspecified atom stereocenters. The van der Waals surface area contributed by atoms with E-state index < -0.39 is 4.93 Å². The molecule has 0 saturated heterocycles. The lowest BCUT2D eigenvalue weighted by atomic mass is 9.97. The zero-order valence-electron chi connectivity index (χ0n) is 6.75. The van der Waals surface area contributed by atoms with Crippen molar-refractivity contribution in [1.82, 2.24) is 0 Å². The summed E-state index contributed by atoms with van der Waals surface area (Å²) in [5.74, 6) is 0.663. The van der Waals surface area contributed by atoms with E-state index in [0.29, 0.717) is 5.75 Å². The molecule has 1 rings (SSSR count). The van der Waals surface area contributed by atoms with Crippen molar-refractivity contribution < 1.29 is 10.2 Å². The first-order valence-electron chi connectivity index (χ1n) is 4.24. The molecule has 0 bridgehead atoms. The Morgan fingerprint density at radius 3 is 2.36 bits per heavy atom. The number of hydrogen-bond donors (Lipinski definition) is 2. The van der Waals surface area contributed by atoms with Crippen LogP contribution in [0.1, 0.15) is 32.1 Å². The summed E-state index contributed by atoms with van der Waals surface area (Å²) in [5, 5.41) is 18.4. The minimum absolute atomic E-state index is 0.174. The van der Waals surface area contributed by atoms with Gasteiger partial charge in [0.05, 0.1) is 6.61 Å². The van der Waals surface area contributed by atoms with E-state index in [1.807, 2.05) is 0 Å². The molecule has 0 heterocycles. The van der Waals surface area contributed by atoms with Gasteiger partial charge in [-0.15, -0.1) is 11.8 Å². The lowest BCUT2D eigenvalue weighted by Gasteiger charge is -2.31. The summed E-state index contributed by atoms with van der Waals surface area (Å²) in [6, 6.07) is 0. The summed E-state index contributed by atoms with van der Waals surface area (Å²) in [4.78, 5) is -0.513. The normalized spacial score (nSPS) is 23.5. The van der Waals surface area contributed by atoms with Gasteiger partial charge in [0, 0.05) is 5.75 Å². The SMILES string of the molecule is OCCSC1(O)CCCCC1. The number of thioether (sulfide) groups is 1. The summed E-state index contributed by atoms with van der Waals surface area (Å²) < 4.78 is 0. The molecule has 0 aliphatic heterocycles. The highest BCUT2D eigenvalue weighted by atomic mass is 32.2. The fourth-order valence-corrected chi connectivity index (χ4v) is 2.53. The molecular formula is C8H16O2S. The second-order valence-corrected chi connectivity index (χ2v) is 4.54. The van der Waals surface area contributed by atoms with Crippen LogP contribution in [0.5, 0.6) is 0 Å². The largest absolute Gasteiger partial charge is 0.396 e. The number of aliphatic hydroxyl groups excluding tert-OH is 1. The van der Waals surface area contributed by atoms with Crippen LogP contribution in [0.3, 0.4) is 0 Å². The van der Waals surface area contributed by atoms with E-state index in [9.17, 15) is 5.11 Å². The Bertz CT molecular complexity index is 111. The first-order chi connectivity index (χ1) is 5.27. The Morgan fingerprint density at radius 1 is 1.18 bits per heavy atom. The molecule has 0 aromatic heterocycles. The van der Waals surface area contributed by atoms with Crippen LogP contribution in [0, 0.1) is 0 Å². The van der Waals surface area contributed by atoms with Gasteiger partial charge in [-0.3, -0.25) is 0 Å². The summed E-state index contributed by atoms with van der Waals surface area (Å²) in [7, 11) is 0. The van der Waals surface area contributed by atoms with Crippen molar-refractivity contribution >= 4 is 11.8 Å². The second-order valence-electron chi connectivity index (χ2n) is 3.08. The predicted octanol–water partition coefficient (Wildman–Crippen LogP) is 1.36. The monoisotopic (exact) mass is 176 g/mol. The van der Waals surface area contributed by atoms with Crippen molar-refractivity contribution in [3.05, 3.63) is 0 Å². The maximum Gasteiger partial charge on any atom is 0.110 e. The molecule has 0 amide bonds. The first kappa shape index (κ1) is 9.36. The van der Waals surface area contributed by atoms with Crippen LogP contribution >= 0.6 is 11.8 Å². The molecular weight excluding hydrogens is 160 g/mol. The molecule has 11 heavy (non-hydrogen) atoms. The average Bonchev–Trinajstić information content (AvgIpc) is 2.03. The number of rotatable bonds is 3. The third-order valence-corrected chi connectivity index (χ3v) is 3.43. The van der Waals surface area contributed by atoms with Gasteiger partial charge in [0.2, 0.25) is 0 Å². The smallest absolute Gasteiger partial charge is 0.110 e. The van der Waals surface area contributed by atoms with Crippen molar-refractivity contribution in [1.29, 1.82) is 0 Å². The Kier molecular flexibility index (Phi) is 3.69. The molecule has 0 aromatic carbocycles. The first-order valence-corrected chi connectivity index (χ1v) is 5.23.